The Labute approximate surface area is 129 Å². The second-order valence-electron chi connectivity index (χ2n) is 4.84. The summed E-state index contributed by atoms with van der Waals surface area (Å²) in [6, 6.07) is 13.3. The normalized spacial score (nSPS) is 10.1. The molecule has 4 nitrogen and oxygen atoms in total. The molecule has 0 heterocycles. The molecule has 0 saturated heterocycles. The van der Waals surface area contributed by atoms with E-state index in [1.807, 2.05) is 6.92 Å². The fourth-order valence-electron chi connectivity index (χ4n) is 1.83. The average Bonchev–Trinajstić information content (AvgIpc) is 2.54. The standard InChI is InChI=1S/C18H18O4/c1-3-12-21-16-8-6-15(7-9-16)18(20)22-17-10-4-14(5-11-17)13(2)19/h4-11H,3,12H2,1-2H3. The summed E-state index contributed by atoms with van der Waals surface area (Å²) in [5.41, 5.74) is 1.02. The quantitative estimate of drug-likeness (QED) is 0.461. The second-order valence-corrected chi connectivity index (χ2v) is 4.84. The van der Waals surface area contributed by atoms with Crippen LogP contribution in [-0.4, -0.2) is 18.4 Å². The minimum Gasteiger partial charge on any atom is -0.494 e. The van der Waals surface area contributed by atoms with Gasteiger partial charge in [-0.25, -0.2) is 4.79 Å². The zero-order chi connectivity index (χ0) is 15.9. The molecule has 0 aliphatic heterocycles. The Morgan fingerprint density at radius 2 is 1.41 bits per heavy atom. The number of carbonyl (C=O) groups excluding carboxylic acids is 2. The van der Waals surface area contributed by atoms with Crippen molar-refractivity contribution in [2.45, 2.75) is 20.3 Å². The summed E-state index contributed by atoms with van der Waals surface area (Å²) in [7, 11) is 0. The van der Waals surface area contributed by atoms with Crippen LogP contribution in [0.3, 0.4) is 0 Å². The molecule has 0 amide bonds. The summed E-state index contributed by atoms with van der Waals surface area (Å²) < 4.78 is 10.7. The van der Waals surface area contributed by atoms with Crippen molar-refractivity contribution >= 4 is 11.8 Å². The number of Topliss-reactive ketones (excluding diaryl/α,β-unsaturated/α-hetero) is 1. The highest BCUT2D eigenvalue weighted by Gasteiger charge is 2.09. The van der Waals surface area contributed by atoms with Crippen LogP contribution in [0.4, 0.5) is 0 Å². The molecule has 0 unspecified atom stereocenters. The molecule has 22 heavy (non-hydrogen) atoms. The van der Waals surface area contributed by atoms with Crippen molar-refractivity contribution in [2.24, 2.45) is 0 Å². The Bertz CT molecular complexity index is 642. The van der Waals surface area contributed by atoms with E-state index in [9.17, 15) is 9.59 Å². The molecule has 0 bridgehead atoms. The van der Waals surface area contributed by atoms with E-state index in [1.54, 1.807) is 48.5 Å². The Balaban J connectivity index is 2.00. The monoisotopic (exact) mass is 298 g/mol. The fraction of sp³-hybridized carbons (Fsp3) is 0.222. The van der Waals surface area contributed by atoms with Gasteiger partial charge in [-0.05, 0) is 61.9 Å². The van der Waals surface area contributed by atoms with Crippen LogP contribution < -0.4 is 9.47 Å². The number of esters is 1. The van der Waals surface area contributed by atoms with E-state index in [-0.39, 0.29) is 5.78 Å². The lowest BCUT2D eigenvalue weighted by Crippen LogP contribution is -2.08. The van der Waals surface area contributed by atoms with E-state index in [0.29, 0.717) is 23.5 Å². The number of carbonyl (C=O) groups is 2. The minimum atomic E-state index is -0.447. The molecule has 0 radical (unpaired) electrons. The average molecular weight is 298 g/mol. The van der Waals surface area contributed by atoms with Gasteiger partial charge in [-0.1, -0.05) is 6.92 Å². The largest absolute Gasteiger partial charge is 0.494 e. The Morgan fingerprint density at radius 3 is 1.95 bits per heavy atom. The lowest BCUT2D eigenvalue weighted by atomic mass is 10.1. The van der Waals surface area contributed by atoms with Gasteiger partial charge < -0.3 is 9.47 Å². The van der Waals surface area contributed by atoms with Gasteiger partial charge in [0.2, 0.25) is 0 Å². The number of hydrogen-bond donors (Lipinski definition) is 0. The lowest BCUT2D eigenvalue weighted by Gasteiger charge is -2.07. The van der Waals surface area contributed by atoms with Crippen LogP contribution in [0.1, 0.15) is 41.0 Å². The summed E-state index contributed by atoms with van der Waals surface area (Å²) in [6.45, 7) is 4.17. The number of rotatable bonds is 6. The summed E-state index contributed by atoms with van der Waals surface area (Å²) in [5.74, 6) is 0.656. The molecule has 0 spiro atoms. The van der Waals surface area contributed by atoms with Crippen molar-refractivity contribution in [3.63, 3.8) is 0 Å². The summed E-state index contributed by atoms with van der Waals surface area (Å²) in [4.78, 5) is 23.2. The van der Waals surface area contributed by atoms with Crippen molar-refractivity contribution < 1.29 is 19.1 Å². The molecule has 0 fully saturated rings. The molecule has 0 aromatic heterocycles. The van der Waals surface area contributed by atoms with Crippen LogP contribution in [0, 0.1) is 0 Å². The van der Waals surface area contributed by atoms with Crippen molar-refractivity contribution in [3.8, 4) is 11.5 Å². The number of ether oxygens (including phenoxy) is 2. The third-order valence-corrected chi connectivity index (χ3v) is 3.03. The molecule has 114 valence electrons. The Kier molecular flexibility index (Phi) is 5.31. The van der Waals surface area contributed by atoms with Gasteiger partial charge in [0, 0.05) is 5.56 Å². The zero-order valence-corrected chi connectivity index (χ0v) is 12.7. The van der Waals surface area contributed by atoms with Gasteiger partial charge in [-0.3, -0.25) is 4.79 Å². The molecule has 2 aromatic carbocycles. The first-order chi connectivity index (χ1) is 10.6. The Hall–Kier alpha value is -2.62. The molecule has 0 aliphatic rings. The van der Waals surface area contributed by atoms with E-state index in [1.165, 1.54) is 6.92 Å². The Morgan fingerprint density at radius 1 is 0.864 bits per heavy atom. The number of ketones is 1. The highest BCUT2D eigenvalue weighted by Crippen LogP contribution is 2.17. The molecular formula is C18H18O4. The van der Waals surface area contributed by atoms with Gasteiger partial charge in [0.15, 0.2) is 5.78 Å². The maximum atomic E-state index is 12.0. The lowest BCUT2D eigenvalue weighted by molar-refractivity contribution is 0.0734. The van der Waals surface area contributed by atoms with Crippen LogP contribution in [0.5, 0.6) is 11.5 Å². The zero-order valence-electron chi connectivity index (χ0n) is 12.7. The first kappa shape index (κ1) is 15.8. The smallest absolute Gasteiger partial charge is 0.343 e. The summed E-state index contributed by atoms with van der Waals surface area (Å²) in [5, 5.41) is 0. The van der Waals surface area contributed by atoms with Crippen LogP contribution >= 0.6 is 0 Å². The molecule has 0 N–H and O–H groups in total. The molecular weight excluding hydrogens is 280 g/mol. The predicted octanol–water partition coefficient (Wildman–Crippen LogP) is 3.90. The predicted molar refractivity (Wildman–Crippen MR) is 83.6 cm³/mol. The SMILES string of the molecule is CCCOc1ccc(C(=O)Oc2ccc(C(C)=O)cc2)cc1. The van der Waals surface area contributed by atoms with Crippen molar-refractivity contribution in [3.05, 3.63) is 59.7 Å². The van der Waals surface area contributed by atoms with Crippen LogP contribution in [0.25, 0.3) is 0 Å². The highest BCUT2D eigenvalue weighted by molar-refractivity contribution is 5.94. The highest BCUT2D eigenvalue weighted by atomic mass is 16.5. The van der Waals surface area contributed by atoms with Crippen molar-refractivity contribution in [1.82, 2.24) is 0 Å². The molecule has 0 aliphatic carbocycles. The first-order valence-electron chi connectivity index (χ1n) is 7.16. The van der Waals surface area contributed by atoms with Gasteiger partial charge >= 0.3 is 5.97 Å². The third-order valence-electron chi connectivity index (χ3n) is 3.03. The van der Waals surface area contributed by atoms with Gasteiger partial charge in [0.1, 0.15) is 11.5 Å². The van der Waals surface area contributed by atoms with E-state index >= 15 is 0 Å². The third kappa shape index (κ3) is 4.19. The summed E-state index contributed by atoms with van der Waals surface area (Å²) in [6.07, 6.45) is 0.931. The first-order valence-corrected chi connectivity index (χ1v) is 7.16. The van der Waals surface area contributed by atoms with E-state index < -0.39 is 5.97 Å². The van der Waals surface area contributed by atoms with Crippen LogP contribution in [-0.2, 0) is 0 Å². The molecule has 2 rings (SSSR count). The number of benzene rings is 2. The van der Waals surface area contributed by atoms with E-state index in [0.717, 1.165) is 12.2 Å². The minimum absolute atomic E-state index is 0.0273. The van der Waals surface area contributed by atoms with Gasteiger partial charge in [-0.15, -0.1) is 0 Å². The van der Waals surface area contributed by atoms with Crippen LogP contribution in [0.15, 0.2) is 48.5 Å². The van der Waals surface area contributed by atoms with Crippen molar-refractivity contribution in [2.75, 3.05) is 6.61 Å². The maximum Gasteiger partial charge on any atom is 0.343 e. The molecule has 0 saturated carbocycles. The summed E-state index contributed by atoms with van der Waals surface area (Å²) >= 11 is 0. The maximum absolute atomic E-state index is 12.0. The van der Waals surface area contributed by atoms with Gasteiger partial charge in [-0.2, -0.15) is 0 Å². The van der Waals surface area contributed by atoms with Gasteiger partial charge in [0.05, 0.1) is 12.2 Å². The van der Waals surface area contributed by atoms with Crippen molar-refractivity contribution in [1.29, 1.82) is 0 Å². The van der Waals surface area contributed by atoms with E-state index in [4.69, 9.17) is 9.47 Å². The number of hydrogen-bond acceptors (Lipinski definition) is 4. The van der Waals surface area contributed by atoms with E-state index in [2.05, 4.69) is 0 Å². The van der Waals surface area contributed by atoms with Crippen LogP contribution in [0.2, 0.25) is 0 Å². The second kappa shape index (κ2) is 7.41. The molecule has 2 aromatic rings. The van der Waals surface area contributed by atoms with Gasteiger partial charge in [0.25, 0.3) is 0 Å². The molecule has 4 heteroatoms. The fourth-order valence-corrected chi connectivity index (χ4v) is 1.83. The topological polar surface area (TPSA) is 52.6 Å². The molecule has 0 atom stereocenters.